The second-order valence-electron chi connectivity index (χ2n) is 5.22. The van der Waals surface area contributed by atoms with E-state index in [4.69, 9.17) is 4.74 Å². The maximum absolute atomic E-state index is 12.5. The van der Waals surface area contributed by atoms with Crippen molar-refractivity contribution in [1.29, 1.82) is 0 Å². The van der Waals surface area contributed by atoms with E-state index in [0.717, 1.165) is 19.5 Å². The van der Waals surface area contributed by atoms with Crippen molar-refractivity contribution in [1.82, 2.24) is 15.1 Å². The molecule has 2 aliphatic rings. The molecule has 6 nitrogen and oxygen atoms in total. The van der Waals surface area contributed by atoms with Crippen LogP contribution in [0.3, 0.4) is 0 Å². The van der Waals surface area contributed by atoms with Crippen LogP contribution in [0.1, 0.15) is 13.3 Å². The summed E-state index contributed by atoms with van der Waals surface area (Å²) in [6.07, 6.45) is 0.850. The molecule has 0 aliphatic carbocycles. The van der Waals surface area contributed by atoms with Gasteiger partial charge in [0.05, 0.1) is 19.1 Å². The third kappa shape index (κ3) is 3.25. The summed E-state index contributed by atoms with van der Waals surface area (Å²) in [5.74, 6) is 0.155. The number of nitrogens with zero attached hydrogens (tertiary/aromatic N) is 2. The lowest BCUT2D eigenvalue weighted by Gasteiger charge is -2.26. The SMILES string of the molecule is CNC1COCC1C(=O)N1CCCN(C(C)=O)CC1. The topological polar surface area (TPSA) is 61.9 Å². The summed E-state index contributed by atoms with van der Waals surface area (Å²) in [6, 6.07) is 0.111. The molecule has 0 spiro atoms. The monoisotopic (exact) mass is 269 g/mol. The van der Waals surface area contributed by atoms with E-state index >= 15 is 0 Å². The van der Waals surface area contributed by atoms with E-state index in [0.29, 0.717) is 26.3 Å². The average molecular weight is 269 g/mol. The van der Waals surface area contributed by atoms with Crippen molar-refractivity contribution in [2.45, 2.75) is 19.4 Å². The van der Waals surface area contributed by atoms with Gasteiger partial charge in [0.2, 0.25) is 11.8 Å². The van der Waals surface area contributed by atoms with Crippen molar-refractivity contribution in [3.63, 3.8) is 0 Å². The number of hydrogen-bond donors (Lipinski definition) is 1. The number of carbonyl (C=O) groups excluding carboxylic acids is 2. The number of carbonyl (C=O) groups is 2. The van der Waals surface area contributed by atoms with Crippen LogP contribution in [0.4, 0.5) is 0 Å². The van der Waals surface area contributed by atoms with Crippen LogP contribution in [0, 0.1) is 5.92 Å². The van der Waals surface area contributed by atoms with Gasteiger partial charge in [-0.2, -0.15) is 0 Å². The van der Waals surface area contributed by atoms with Crippen LogP contribution in [0.5, 0.6) is 0 Å². The molecule has 0 aromatic heterocycles. The zero-order chi connectivity index (χ0) is 13.8. The quantitative estimate of drug-likeness (QED) is 0.720. The van der Waals surface area contributed by atoms with Crippen LogP contribution in [0.2, 0.25) is 0 Å². The number of rotatable bonds is 2. The highest BCUT2D eigenvalue weighted by atomic mass is 16.5. The Morgan fingerprint density at radius 2 is 1.79 bits per heavy atom. The first kappa shape index (κ1) is 14.3. The summed E-state index contributed by atoms with van der Waals surface area (Å²) < 4.78 is 5.39. The Balaban J connectivity index is 1.94. The van der Waals surface area contributed by atoms with E-state index in [1.54, 1.807) is 6.92 Å². The third-order valence-corrected chi connectivity index (χ3v) is 4.02. The summed E-state index contributed by atoms with van der Waals surface area (Å²) in [5, 5.41) is 3.14. The molecule has 0 aromatic carbocycles. The van der Waals surface area contributed by atoms with Crippen molar-refractivity contribution >= 4 is 11.8 Å². The molecular weight excluding hydrogens is 246 g/mol. The largest absolute Gasteiger partial charge is 0.379 e. The van der Waals surface area contributed by atoms with E-state index in [-0.39, 0.29) is 23.8 Å². The van der Waals surface area contributed by atoms with Crippen LogP contribution >= 0.6 is 0 Å². The maximum Gasteiger partial charge on any atom is 0.229 e. The molecule has 0 radical (unpaired) electrons. The number of nitrogens with one attached hydrogen (secondary N) is 1. The summed E-state index contributed by atoms with van der Waals surface area (Å²) in [6.45, 7) is 5.42. The third-order valence-electron chi connectivity index (χ3n) is 4.02. The Bertz CT molecular complexity index is 348. The second kappa shape index (κ2) is 6.34. The molecule has 2 unspecified atom stereocenters. The maximum atomic E-state index is 12.5. The Morgan fingerprint density at radius 3 is 2.47 bits per heavy atom. The molecule has 0 saturated carbocycles. The van der Waals surface area contributed by atoms with Gasteiger partial charge in [-0.15, -0.1) is 0 Å². The normalized spacial score (nSPS) is 28.3. The minimum atomic E-state index is -0.0890. The van der Waals surface area contributed by atoms with E-state index in [9.17, 15) is 9.59 Å². The van der Waals surface area contributed by atoms with Crippen LogP contribution < -0.4 is 5.32 Å². The highest BCUT2D eigenvalue weighted by molar-refractivity contribution is 5.80. The fourth-order valence-corrected chi connectivity index (χ4v) is 2.77. The zero-order valence-corrected chi connectivity index (χ0v) is 11.7. The van der Waals surface area contributed by atoms with Gasteiger partial charge < -0.3 is 19.9 Å². The molecule has 2 fully saturated rings. The first-order valence-corrected chi connectivity index (χ1v) is 6.92. The van der Waals surface area contributed by atoms with Gasteiger partial charge in [0.15, 0.2) is 0 Å². The summed E-state index contributed by atoms with van der Waals surface area (Å²) in [7, 11) is 1.86. The van der Waals surface area contributed by atoms with E-state index in [2.05, 4.69) is 5.32 Å². The van der Waals surface area contributed by atoms with Gasteiger partial charge in [-0.25, -0.2) is 0 Å². The summed E-state index contributed by atoms with van der Waals surface area (Å²) in [5.41, 5.74) is 0. The van der Waals surface area contributed by atoms with Crippen molar-refractivity contribution in [2.24, 2.45) is 5.92 Å². The molecule has 6 heteroatoms. The number of amides is 2. The van der Waals surface area contributed by atoms with Crippen molar-refractivity contribution in [3.05, 3.63) is 0 Å². The molecule has 2 aliphatic heterocycles. The highest BCUT2D eigenvalue weighted by Crippen LogP contribution is 2.17. The molecule has 2 atom stereocenters. The molecule has 2 amide bonds. The van der Waals surface area contributed by atoms with E-state index in [1.165, 1.54) is 0 Å². The molecule has 1 N–H and O–H groups in total. The van der Waals surface area contributed by atoms with Crippen LogP contribution in [-0.4, -0.2) is 74.1 Å². The van der Waals surface area contributed by atoms with Crippen molar-refractivity contribution in [2.75, 3.05) is 46.4 Å². The van der Waals surface area contributed by atoms with Crippen molar-refractivity contribution in [3.8, 4) is 0 Å². The summed E-state index contributed by atoms with van der Waals surface area (Å²) >= 11 is 0. The van der Waals surface area contributed by atoms with Gasteiger partial charge in [-0.05, 0) is 13.5 Å². The fraction of sp³-hybridized carbons (Fsp3) is 0.846. The van der Waals surface area contributed by atoms with E-state index in [1.807, 2.05) is 16.8 Å². The Labute approximate surface area is 114 Å². The predicted molar refractivity (Wildman–Crippen MR) is 70.6 cm³/mol. The van der Waals surface area contributed by atoms with Crippen LogP contribution in [0.25, 0.3) is 0 Å². The number of likely N-dealkylation sites (N-methyl/N-ethyl adjacent to an activating group) is 1. The number of hydrogen-bond acceptors (Lipinski definition) is 4. The molecular formula is C13H23N3O3. The minimum Gasteiger partial charge on any atom is -0.379 e. The second-order valence-corrected chi connectivity index (χ2v) is 5.22. The Hall–Kier alpha value is -1.14. The number of ether oxygens (including phenoxy) is 1. The molecule has 108 valence electrons. The van der Waals surface area contributed by atoms with Gasteiger partial charge in [-0.3, -0.25) is 9.59 Å². The standard InChI is InChI=1S/C13H23N3O3/c1-10(17)15-4-3-5-16(7-6-15)13(18)11-8-19-9-12(11)14-2/h11-12,14H,3-9H2,1-2H3. The first-order chi connectivity index (χ1) is 9.13. The lowest BCUT2D eigenvalue weighted by molar-refractivity contribution is -0.136. The van der Waals surface area contributed by atoms with Gasteiger partial charge in [0.1, 0.15) is 0 Å². The molecule has 2 rings (SSSR count). The minimum absolute atomic E-state index is 0.0890. The van der Waals surface area contributed by atoms with Crippen LogP contribution in [-0.2, 0) is 14.3 Å². The Morgan fingerprint density at radius 1 is 1.11 bits per heavy atom. The molecule has 0 aromatic rings. The smallest absolute Gasteiger partial charge is 0.229 e. The van der Waals surface area contributed by atoms with Gasteiger partial charge in [0.25, 0.3) is 0 Å². The zero-order valence-electron chi connectivity index (χ0n) is 11.7. The van der Waals surface area contributed by atoms with Gasteiger partial charge >= 0.3 is 0 Å². The van der Waals surface area contributed by atoms with Gasteiger partial charge in [-0.1, -0.05) is 0 Å². The molecule has 2 heterocycles. The highest BCUT2D eigenvalue weighted by Gasteiger charge is 2.36. The first-order valence-electron chi connectivity index (χ1n) is 6.92. The molecule has 0 bridgehead atoms. The van der Waals surface area contributed by atoms with Crippen molar-refractivity contribution < 1.29 is 14.3 Å². The molecule has 19 heavy (non-hydrogen) atoms. The van der Waals surface area contributed by atoms with E-state index < -0.39 is 0 Å². The van der Waals surface area contributed by atoms with Crippen LogP contribution in [0.15, 0.2) is 0 Å². The average Bonchev–Trinajstić information content (AvgIpc) is 2.73. The summed E-state index contributed by atoms with van der Waals surface area (Å²) in [4.78, 5) is 27.6. The fourth-order valence-electron chi connectivity index (χ4n) is 2.77. The lowest BCUT2D eigenvalue weighted by Crippen LogP contribution is -2.46. The van der Waals surface area contributed by atoms with Gasteiger partial charge in [0, 0.05) is 39.1 Å². The predicted octanol–water partition coefficient (Wildman–Crippen LogP) is -0.698. The molecule has 2 saturated heterocycles. The Kier molecular flexibility index (Phi) is 4.76. The lowest BCUT2D eigenvalue weighted by atomic mass is 10.0.